The molecule has 9 heteroatoms. The van der Waals surface area contributed by atoms with E-state index < -0.39 is 5.97 Å². The van der Waals surface area contributed by atoms with Crippen molar-refractivity contribution < 1.29 is 19.1 Å². The highest BCUT2D eigenvalue weighted by Gasteiger charge is 2.24. The number of hydrogen-bond acceptors (Lipinski definition) is 5. The third-order valence-corrected chi connectivity index (χ3v) is 4.80. The SMILES string of the molecule is CCC(=O)NC1CCCN(CC(=O)Nc2c(Cl)cc(Cl)cc2C(=O)OC)C1. The Balaban J connectivity index is 2.03. The van der Waals surface area contributed by atoms with E-state index in [-0.39, 0.29) is 45.7 Å². The smallest absolute Gasteiger partial charge is 0.340 e. The molecule has 0 saturated carbocycles. The molecule has 27 heavy (non-hydrogen) atoms. The summed E-state index contributed by atoms with van der Waals surface area (Å²) in [6, 6.07) is 2.87. The first kappa shape index (κ1) is 21.5. The largest absolute Gasteiger partial charge is 0.465 e. The molecule has 0 spiro atoms. The van der Waals surface area contributed by atoms with Crippen molar-refractivity contribution in [3.05, 3.63) is 27.7 Å². The van der Waals surface area contributed by atoms with E-state index in [2.05, 4.69) is 10.6 Å². The van der Waals surface area contributed by atoms with E-state index in [1.165, 1.54) is 19.2 Å². The molecule has 1 aliphatic rings. The highest BCUT2D eigenvalue weighted by molar-refractivity contribution is 6.37. The topological polar surface area (TPSA) is 87.7 Å². The zero-order valence-corrected chi connectivity index (χ0v) is 16.8. The summed E-state index contributed by atoms with van der Waals surface area (Å²) in [5, 5.41) is 6.06. The lowest BCUT2D eigenvalue weighted by Crippen LogP contribution is -2.49. The Morgan fingerprint density at radius 1 is 1.26 bits per heavy atom. The van der Waals surface area contributed by atoms with Crippen molar-refractivity contribution in [1.82, 2.24) is 10.2 Å². The van der Waals surface area contributed by atoms with Crippen LogP contribution in [0.5, 0.6) is 0 Å². The van der Waals surface area contributed by atoms with Crippen molar-refractivity contribution in [2.75, 3.05) is 32.1 Å². The fourth-order valence-electron chi connectivity index (χ4n) is 3.00. The monoisotopic (exact) mass is 415 g/mol. The van der Waals surface area contributed by atoms with Crippen molar-refractivity contribution in [3.63, 3.8) is 0 Å². The number of ether oxygens (including phenoxy) is 1. The average Bonchev–Trinajstić information content (AvgIpc) is 2.63. The Labute approximate surface area is 168 Å². The van der Waals surface area contributed by atoms with Gasteiger partial charge >= 0.3 is 5.97 Å². The highest BCUT2D eigenvalue weighted by Crippen LogP contribution is 2.30. The molecule has 1 fully saturated rings. The van der Waals surface area contributed by atoms with Gasteiger partial charge in [-0.15, -0.1) is 0 Å². The maximum absolute atomic E-state index is 12.5. The summed E-state index contributed by atoms with van der Waals surface area (Å²) in [4.78, 5) is 38.0. The maximum Gasteiger partial charge on any atom is 0.340 e. The van der Waals surface area contributed by atoms with Gasteiger partial charge in [-0.05, 0) is 31.5 Å². The van der Waals surface area contributed by atoms with Gasteiger partial charge in [0.2, 0.25) is 11.8 Å². The van der Waals surface area contributed by atoms with Gasteiger partial charge in [0.25, 0.3) is 0 Å². The Kier molecular flexibility index (Phi) is 7.89. The highest BCUT2D eigenvalue weighted by atomic mass is 35.5. The maximum atomic E-state index is 12.5. The minimum atomic E-state index is -0.644. The van der Waals surface area contributed by atoms with E-state index >= 15 is 0 Å². The number of carbonyl (C=O) groups excluding carboxylic acids is 3. The van der Waals surface area contributed by atoms with Crippen LogP contribution in [0.1, 0.15) is 36.5 Å². The van der Waals surface area contributed by atoms with Gasteiger partial charge in [-0.1, -0.05) is 30.1 Å². The minimum absolute atomic E-state index is 0.00182. The number of carbonyl (C=O) groups is 3. The second-order valence-electron chi connectivity index (χ2n) is 6.35. The lowest BCUT2D eigenvalue weighted by molar-refractivity contribution is -0.121. The van der Waals surface area contributed by atoms with Crippen molar-refractivity contribution >= 4 is 46.7 Å². The summed E-state index contributed by atoms with van der Waals surface area (Å²) in [5.74, 6) is -0.955. The van der Waals surface area contributed by atoms with Crippen LogP contribution in [0.3, 0.4) is 0 Å². The summed E-state index contributed by atoms with van der Waals surface area (Å²) < 4.78 is 4.72. The Hall–Kier alpha value is -1.83. The molecule has 1 aromatic rings. The molecule has 1 heterocycles. The van der Waals surface area contributed by atoms with Gasteiger partial charge in [-0.25, -0.2) is 4.79 Å². The molecule has 0 radical (unpaired) electrons. The van der Waals surface area contributed by atoms with Gasteiger partial charge in [0, 0.05) is 24.0 Å². The summed E-state index contributed by atoms with van der Waals surface area (Å²) in [7, 11) is 1.24. The number of nitrogens with one attached hydrogen (secondary N) is 2. The van der Waals surface area contributed by atoms with Gasteiger partial charge in [0.15, 0.2) is 0 Å². The Morgan fingerprint density at radius 3 is 2.67 bits per heavy atom. The van der Waals surface area contributed by atoms with Crippen LogP contribution < -0.4 is 10.6 Å². The molecule has 0 aromatic heterocycles. The number of halogens is 2. The predicted molar refractivity (Wildman–Crippen MR) is 104 cm³/mol. The standard InChI is InChI=1S/C18H23Cl2N3O4/c1-3-15(24)21-12-5-4-6-23(9-12)10-16(25)22-17-13(18(26)27-2)7-11(19)8-14(17)20/h7-8,12H,3-6,9-10H2,1-2H3,(H,21,24)(H,22,25). The molecule has 2 rings (SSSR count). The van der Waals surface area contributed by atoms with Gasteiger partial charge in [0.1, 0.15) is 0 Å². The first-order valence-electron chi connectivity index (χ1n) is 8.73. The number of piperidine rings is 1. The van der Waals surface area contributed by atoms with E-state index in [4.69, 9.17) is 27.9 Å². The zero-order chi connectivity index (χ0) is 20.0. The average molecular weight is 416 g/mol. The number of anilines is 1. The van der Waals surface area contributed by atoms with Gasteiger partial charge < -0.3 is 15.4 Å². The van der Waals surface area contributed by atoms with E-state index in [0.717, 1.165) is 19.4 Å². The summed E-state index contributed by atoms with van der Waals surface area (Å²) in [6.07, 6.45) is 2.21. The molecule has 1 aromatic carbocycles. The number of amides is 2. The number of methoxy groups -OCH3 is 1. The van der Waals surface area contributed by atoms with Crippen LogP contribution in [0, 0.1) is 0 Å². The molecular weight excluding hydrogens is 393 g/mol. The minimum Gasteiger partial charge on any atom is -0.465 e. The van der Waals surface area contributed by atoms with Gasteiger partial charge in [-0.2, -0.15) is 0 Å². The second kappa shape index (κ2) is 9.92. The molecular formula is C18H23Cl2N3O4. The Bertz CT molecular complexity index is 727. The molecule has 7 nitrogen and oxygen atoms in total. The quantitative estimate of drug-likeness (QED) is 0.697. The second-order valence-corrected chi connectivity index (χ2v) is 7.19. The van der Waals surface area contributed by atoms with Crippen LogP contribution in [-0.4, -0.2) is 55.5 Å². The van der Waals surface area contributed by atoms with E-state index in [1.54, 1.807) is 6.92 Å². The number of esters is 1. The number of hydrogen-bond donors (Lipinski definition) is 2. The summed E-state index contributed by atoms with van der Waals surface area (Å²) >= 11 is 12.1. The molecule has 2 amide bonds. The van der Waals surface area contributed by atoms with Crippen molar-refractivity contribution in [2.24, 2.45) is 0 Å². The number of rotatable bonds is 6. The molecule has 148 valence electrons. The number of likely N-dealkylation sites (tertiary alicyclic amines) is 1. The molecule has 1 atom stereocenters. The molecule has 1 aliphatic heterocycles. The van der Waals surface area contributed by atoms with Gasteiger partial charge in [-0.3, -0.25) is 14.5 Å². The fraction of sp³-hybridized carbons (Fsp3) is 0.500. The molecule has 1 unspecified atom stereocenters. The molecule has 0 aliphatic carbocycles. The van der Waals surface area contributed by atoms with Crippen LogP contribution in [0.2, 0.25) is 10.0 Å². The first-order chi connectivity index (χ1) is 12.8. The van der Waals surface area contributed by atoms with Gasteiger partial charge in [0.05, 0.1) is 29.9 Å². The van der Waals surface area contributed by atoms with Crippen molar-refractivity contribution in [3.8, 4) is 0 Å². The van der Waals surface area contributed by atoms with Crippen LogP contribution in [-0.2, 0) is 14.3 Å². The van der Waals surface area contributed by atoms with E-state index in [1.807, 2.05) is 4.90 Å². The predicted octanol–water partition coefficient (Wildman–Crippen LogP) is 2.71. The number of benzene rings is 1. The first-order valence-corrected chi connectivity index (χ1v) is 9.48. The third-order valence-electron chi connectivity index (χ3n) is 4.28. The summed E-state index contributed by atoms with van der Waals surface area (Å²) in [6.45, 7) is 3.28. The van der Waals surface area contributed by atoms with Crippen LogP contribution >= 0.6 is 23.2 Å². The zero-order valence-electron chi connectivity index (χ0n) is 15.3. The van der Waals surface area contributed by atoms with Crippen LogP contribution in [0.4, 0.5) is 5.69 Å². The third kappa shape index (κ3) is 6.09. The van der Waals surface area contributed by atoms with Crippen LogP contribution in [0.15, 0.2) is 12.1 Å². The lowest BCUT2D eigenvalue weighted by Gasteiger charge is -2.32. The Morgan fingerprint density at radius 2 is 2.00 bits per heavy atom. The van der Waals surface area contributed by atoms with E-state index in [0.29, 0.717) is 13.0 Å². The molecule has 1 saturated heterocycles. The fourth-order valence-corrected chi connectivity index (χ4v) is 3.54. The normalized spacial score (nSPS) is 17.3. The van der Waals surface area contributed by atoms with E-state index in [9.17, 15) is 14.4 Å². The molecule has 0 bridgehead atoms. The van der Waals surface area contributed by atoms with Crippen molar-refractivity contribution in [2.45, 2.75) is 32.2 Å². The lowest BCUT2D eigenvalue weighted by atomic mass is 10.1. The number of nitrogens with zero attached hydrogens (tertiary/aromatic N) is 1. The van der Waals surface area contributed by atoms with Crippen LogP contribution in [0.25, 0.3) is 0 Å². The molecule has 2 N–H and O–H groups in total. The summed E-state index contributed by atoms with van der Waals surface area (Å²) in [5.41, 5.74) is 0.265. The van der Waals surface area contributed by atoms with Crippen molar-refractivity contribution in [1.29, 1.82) is 0 Å².